The highest BCUT2D eigenvalue weighted by Gasteiger charge is 2.38. The van der Waals surface area contributed by atoms with E-state index >= 15 is 0 Å². The molecule has 0 bridgehead atoms. The van der Waals surface area contributed by atoms with Crippen LogP contribution in [0.1, 0.15) is 94.6 Å². The average Bonchev–Trinajstić information content (AvgIpc) is 3.26. The molecule has 0 fully saturated rings. The second-order valence-electron chi connectivity index (χ2n) is 14.0. The summed E-state index contributed by atoms with van der Waals surface area (Å²) in [7, 11) is 0. The smallest absolute Gasteiger partial charge is 0.305 e. The maximum absolute atomic E-state index is 13.2. The van der Waals surface area contributed by atoms with Crippen molar-refractivity contribution in [3.05, 3.63) is 144 Å². The van der Waals surface area contributed by atoms with E-state index in [2.05, 4.69) is 50.5 Å². The van der Waals surface area contributed by atoms with Crippen LogP contribution in [0, 0.1) is 5.41 Å². The number of rotatable bonds is 24. The van der Waals surface area contributed by atoms with Crippen LogP contribution in [0.25, 0.3) is 0 Å². The summed E-state index contributed by atoms with van der Waals surface area (Å²) >= 11 is 18.7. The van der Waals surface area contributed by atoms with E-state index in [-0.39, 0.29) is 73.1 Å². The molecule has 304 valence electrons. The number of hydrogen-bond acceptors (Lipinski definition) is 12. The summed E-state index contributed by atoms with van der Waals surface area (Å²) < 4.78 is 23.1. The molecule has 57 heavy (non-hydrogen) atoms. The molecule has 4 aromatic rings. The molecule has 0 saturated carbocycles. The number of carbonyl (C=O) groups excluding carboxylic acids is 4. The van der Waals surface area contributed by atoms with E-state index in [0.29, 0.717) is 25.7 Å². The zero-order valence-electron chi connectivity index (χ0n) is 31.9. The summed E-state index contributed by atoms with van der Waals surface area (Å²) in [5, 5.41) is -0.793. The molecule has 0 aliphatic heterocycles. The van der Waals surface area contributed by atoms with Crippen molar-refractivity contribution < 1.29 is 38.1 Å². The zero-order chi connectivity index (χ0) is 40.9. The number of ether oxygens (including phenoxy) is 4. The summed E-state index contributed by atoms with van der Waals surface area (Å²) in [4.78, 5) is 52.7. The Morgan fingerprint density at radius 2 is 0.561 bits per heavy atom. The summed E-state index contributed by atoms with van der Waals surface area (Å²) in [5.74, 6) is -2.11. The van der Waals surface area contributed by atoms with Crippen LogP contribution in [0.4, 0.5) is 0 Å². The fourth-order valence-corrected chi connectivity index (χ4v) is 7.06. The minimum Gasteiger partial charge on any atom is -0.465 e. The topological polar surface area (TPSA) is 105 Å². The molecule has 4 rings (SSSR count). The Bertz CT molecular complexity index is 1530. The van der Waals surface area contributed by atoms with Gasteiger partial charge in [-0.15, -0.1) is 0 Å². The lowest BCUT2D eigenvalue weighted by Crippen LogP contribution is -2.44. The summed E-state index contributed by atoms with van der Waals surface area (Å²) in [6.45, 7) is -1.39. The van der Waals surface area contributed by atoms with Crippen molar-refractivity contribution in [1.82, 2.24) is 0 Å². The van der Waals surface area contributed by atoms with Crippen molar-refractivity contribution in [2.75, 3.05) is 26.4 Å². The predicted molar refractivity (Wildman–Crippen MR) is 236 cm³/mol. The molecule has 0 saturated heterocycles. The quantitative estimate of drug-likeness (QED) is 0.0314. The van der Waals surface area contributed by atoms with Crippen LogP contribution in [0.15, 0.2) is 121 Å². The Morgan fingerprint density at radius 3 is 0.754 bits per heavy atom. The predicted octanol–water partition coefficient (Wildman–Crippen LogP) is 9.95. The van der Waals surface area contributed by atoms with Crippen LogP contribution in [0.5, 0.6) is 0 Å². The molecule has 4 unspecified atom stereocenters. The van der Waals surface area contributed by atoms with E-state index in [0.717, 1.165) is 22.3 Å². The Hall–Kier alpha value is -3.84. The molecule has 4 atom stereocenters. The van der Waals surface area contributed by atoms with Gasteiger partial charge in [0.2, 0.25) is 0 Å². The van der Waals surface area contributed by atoms with Gasteiger partial charge in [0, 0.05) is 46.7 Å². The Kier molecular flexibility index (Phi) is 20.0. The standard InChI is InChI=1S/C45H52O8S4/c46-41(25-21-37(54)33-13-5-1-6-14-33)50-29-45(30-51-42(47)26-22-38(55)34-15-7-2-8-16-34,31-52-43(48)27-23-39(56)35-17-9-3-10-18-35)32-53-44(49)28-24-40(57)36-19-11-4-12-20-36/h1-20,37-40,54-57H,21-32H2. The molecule has 0 heterocycles. The van der Waals surface area contributed by atoms with Crippen LogP contribution < -0.4 is 0 Å². The van der Waals surface area contributed by atoms with Gasteiger partial charge < -0.3 is 18.9 Å². The Labute approximate surface area is 358 Å². The van der Waals surface area contributed by atoms with E-state index < -0.39 is 29.3 Å². The normalized spacial score (nSPS) is 14.2. The van der Waals surface area contributed by atoms with Crippen molar-refractivity contribution in [2.45, 2.75) is 72.4 Å². The Morgan fingerprint density at radius 1 is 0.368 bits per heavy atom. The van der Waals surface area contributed by atoms with E-state index in [1.54, 1.807) is 0 Å². The van der Waals surface area contributed by atoms with Crippen molar-refractivity contribution in [2.24, 2.45) is 5.41 Å². The molecule has 0 N–H and O–H groups in total. The van der Waals surface area contributed by atoms with Gasteiger partial charge in [-0.25, -0.2) is 0 Å². The highest BCUT2D eigenvalue weighted by molar-refractivity contribution is 7.81. The van der Waals surface area contributed by atoms with E-state index in [4.69, 9.17) is 18.9 Å². The van der Waals surface area contributed by atoms with Gasteiger partial charge in [0.05, 0.1) is 0 Å². The van der Waals surface area contributed by atoms with Crippen molar-refractivity contribution >= 4 is 74.4 Å². The third-order valence-corrected chi connectivity index (χ3v) is 11.6. The van der Waals surface area contributed by atoms with E-state index in [1.807, 2.05) is 121 Å². The molecule has 8 nitrogen and oxygen atoms in total. The molecular weight excluding hydrogens is 797 g/mol. The molecule has 0 aliphatic carbocycles. The lowest BCUT2D eigenvalue weighted by Gasteiger charge is -2.32. The third kappa shape index (κ3) is 16.9. The van der Waals surface area contributed by atoms with Gasteiger partial charge in [0.15, 0.2) is 0 Å². The molecule has 0 spiro atoms. The highest BCUT2D eigenvalue weighted by Crippen LogP contribution is 2.30. The molecule has 0 radical (unpaired) electrons. The van der Waals surface area contributed by atoms with Gasteiger partial charge in [-0.05, 0) is 47.9 Å². The number of benzene rings is 4. The van der Waals surface area contributed by atoms with Crippen LogP contribution in [0.2, 0.25) is 0 Å². The van der Waals surface area contributed by atoms with E-state index in [9.17, 15) is 19.2 Å². The summed E-state index contributed by atoms with van der Waals surface area (Å²) in [6.07, 6.45) is 1.82. The molecule has 0 amide bonds. The molecule has 0 aliphatic rings. The van der Waals surface area contributed by atoms with Gasteiger partial charge in [-0.1, -0.05) is 121 Å². The van der Waals surface area contributed by atoms with Gasteiger partial charge >= 0.3 is 23.9 Å². The minimum atomic E-state index is -1.41. The number of esters is 4. The largest absolute Gasteiger partial charge is 0.465 e. The summed E-state index contributed by atoms with van der Waals surface area (Å²) in [6, 6.07) is 38.4. The van der Waals surface area contributed by atoms with Gasteiger partial charge in [-0.3, -0.25) is 19.2 Å². The second kappa shape index (κ2) is 24.8. The van der Waals surface area contributed by atoms with Crippen molar-refractivity contribution in [3.8, 4) is 0 Å². The van der Waals surface area contributed by atoms with E-state index in [1.165, 1.54) is 0 Å². The lowest BCUT2D eigenvalue weighted by molar-refractivity contribution is -0.170. The first-order chi connectivity index (χ1) is 27.5. The Balaban J connectivity index is 1.46. The van der Waals surface area contributed by atoms with Gasteiger partial charge in [-0.2, -0.15) is 50.5 Å². The van der Waals surface area contributed by atoms with Crippen LogP contribution in [-0.2, 0) is 38.1 Å². The van der Waals surface area contributed by atoms with Crippen molar-refractivity contribution in [1.29, 1.82) is 0 Å². The average molecular weight is 849 g/mol. The molecular formula is C45H52O8S4. The van der Waals surface area contributed by atoms with Crippen LogP contribution in [-0.4, -0.2) is 50.3 Å². The molecule has 12 heteroatoms. The SMILES string of the molecule is O=C(CCC(S)c1ccccc1)OCC(COC(=O)CCC(S)c1ccccc1)(COC(=O)CCC(S)c1ccccc1)COC(=O)CCC(S)c1ccccc1. The fraction of sp³-hybridized carbons (Fsp3) is 0.378. The first kappa shape index (κ1) is 45.9. The number of hydrogen-bond donors (Lipinski definition) is 4. The maximum atomic E-state index is 13.2. The first-order valence-corrected chi connectivity index (χ1v) is 21.1. The first-order valence-electron chi connectivity index (χ1n) is 19.1. The third-order valence-electron chi connectivity index (χ3n) is 9.38. The zero-order valence-corrected chi connectivity index (χ0v) is 35.5. The second-order valence-corrected chi connectivity index (χ2v) is 16.5. The lowest BCUT2D eigenvalue weighted by atomic mass is 9.92. The van der Waals surface area contributed by atoms with Crippen LogP contribution >= 0.6 is 50.5 Å². The number of carbonyl (C=O) groups is 4. The number of thiol groups is 4. The molecule has 4 aromatic carbocycles. The van der Waals surface area contributed by atoms with Gasteiger partial charge in [0.25, 0.3) is 0 Å². The van der Waals surface area contributed by atoms with Crippen LogP contribution in [0.3, 0.4) is 0 Å². The summed E-state index contributed by atoms with van der Waals surface area (Å²) in [5.41, 5.74) is 2.47. The van der Waals surface area contributed by atoms with Gasteiger partial charge in [0.1, 0.15) is 31.8 Å². The molecule has 0 aromatic heterocycles. The highest BCUT2D eigenvalue weighted by atomic mass is 32.1. The monoisotopic (exact) mass is 848 g/mol. The van der Waals surface area contributed by atoms with Crippen molar-refractivity contribution in [3.63, 3.8) is 0 Å². The minimum absolute atomic E-state index is 0.0486. The fourth-order valence-electron chi connectivity index (χ4n) is 5.86. The maximum Gasteiger partial charge on any atom is 0.305 e.